The number of piperidine rings is 1. The van der Waals surface area contributed by atoms with E-state index in [1.54, 1.807) is 18.2 Å². The van der Waals surface area contributed by atoms with E-state index in [1.165, 1.54) is 12.8 Å². The third-order valence-corrected chi connectivity index (χ3v) is 4.07. The van der Waals surface area contributed by atoms with Gasteiger partial charge >= 0.3 is 0 Å². The number of nitrogens with one attached hydrogen (secondary N) is 1. The maximum atomic E-state index is 12.1. The highest BCUT2D eigenvalue weighted by Crippen LogP contribution is 2.18. The molecule has 2 aromatic rings. The smallest absolute Gasteiger partial charge is 0.258 e. The van der Waals surface area contributed by atoms with Gasteiger partial charge in [0.25, 0.3) is 5.56 Å². The number of H-pyrrole nitrogens is 1. The summed E-state index contributed by atoms with van der Waals surface area (Å²) in [7, 11) is 0. The molecule has 0 saturated carbocycles. The van der Waals surface area contributed by atoms with E-state index < -0.39 is 0 Å². The van der Waals surface area contributed by atoms with Crippen LogP contribution in [0.2, 0.25) is 5.02 Å². The number of benzene rings is 1. The van der Waals surface area contributed by atoms with E-state index in [2.05, 4.69) is 21.8 Å². The van der Waals surface area contributed by atoms with E-state index >= 15 is 0 Å². The Kier molecular flexibility index (Phi) is 3.76. The second-order valence-electron chi connectivity index (χ2n) is 5.66. The fourth-order valence-electron chi connectivity index (χ4n) is 2.88. The molecule has 0 spiro atoms. The zero-order valence-corrected chi connectivity index (χ0v) is 12.3. The number of halogens is 1. The lowest BCUT2D eigenvalue weighted by molar-refractivity contribution is 0.173. The van der Waals surface area contributed by atoms with E-state index in [0.717, 1.165) is 18.9 Å². The molecule has 0 radical (unpaired) electrons. The summed E-state index contributed by atoms with van der Waals surface area (Å²) in [6, 6.07) is 5.18. The summed E-state index contributed by atoms with van der Waals surface area (Å²) in [5.74, 6) is 1.43. The zero-order valence-electron chi connectivity index (χ0n) is 11.5. The first-order chi connectivity index (χ1) is 9.61. The predicted molar refractivity (Wildman–Crippen MR) is 81.0 cm³/mol. The Morgan fingerprint density at radius 3 is 3.15 bits per heavy atom. The third-order valence-electron chi connectivity index (χ3n) is 3.83. The molecule has 1 aliphatic rings. The maximum Gasteiger partial charge on any atom is 0.258 e. The monoisotopic (exact) mass is 291 g/mol. The van der Waals surface area contributed by atoms with Gasteiger partial charge in [-0.3, -0.25) is 9.69 Å². The largest absolute Gasteiger partial charge is 0.309 e. The molecular formula is C15H18ClN3O. The van der Waals surface area contributed by atoms with Crippen LogP contribution in [0.3, 0.4) is 0 Å². The zero-order chi connectivity index (χ0) is 14.1. The van der Waals surface area contributed by atoms with Crippen molar-refractivity contribution in [1.29, 1.82) is 0 Å². The van der Waals surface area contributed by atoms with E-state index in [-0.39, 0.29) is 5.56 Å². The summed E-state index contributed by atoms with van der Waals surface area (Å²) in [4.78, 5) is 21.8. The van der Waals surface area contributed by atoms with Crippen LogP contribution in [0.5, 0.6) is 0 Å². The van der Waals surface area contributed by atoms with Gasteiger partial charge in [0.15, 0.2) is 0 Å². The molecule has 1 N–H and O–H groups in total. The highest BCUT2D eigenvalue weighted by molar-refractivity contribution is 6.31. The van der Waals surface area contributed by atoms with Crippen molar-refractivity contribution in [2.75, 3.05) is 13.1 Å². The minimum atomic E-state index is -0.0910. The number of nitrogens with zero attached hydrogens (tertiary/aromatic N) is 2. The molecule has 5 heteroatoms. The van der Waals surface area contributed by atoms with Crippen LogP contribution in [-0.2, 0) is 6.54 Å². The average Bonchev–Trinajstić information content (AvgIpc) is 2.38. The van der Waals surface area contributed by atoms with Crippen molar-refractivity contribution < 1.29 is 0 Å². The minimum Gasteiger partial charge on any atom is -0.309 e. The van der Waals surface area contributed by atoms with Gasteiger partial charge in [-0.2, -0.15) is 0 Å². The number of hydrogen-bond donors (Lipinski definition) is 1. The van der Waals surface area contributed by atoms with Gasteiger partial charge in [-0.15, -0.1) is 0 Å². The Balaban J connectivity index is 1.90. The standard InChI is InChI=1S/C15H18ClN3O/c1-10-3-2-6-19(8-10)9-14-17-13-7-11(16)4-5-12(13)15(20)18-14/h4-5,7,10H,2-3,6,8-9H2,1H3,(H,17,18,20)/t10-/m1/s1. The number of rotatable bonds is 2. The van der Waals surface area contributed by atoms with Crippen LogP contribution in [0.25, 0.3) is 10.9 Å². The molecular weight excluding hydrogens is 274 g/mol. The van der Waals surface area contributed by atoms with Crippen LogP contribution in [-0.4, -0.2) is 28.0 Å². The molecule has 1 saturated heterocycles. The Morgan fingerprint density at radius 2 is 2.35 bits per heavy atom. The highest BCUT2D eigenvalue weighted by atomic mass is 35.5. The maximum absolute atomic E-state index is 12.1. The summed E-state index contributed by atoms with van der Waals surface area (Å²) in [5.41, 5.74) is 0.577. The molecule has 20 heavy (non-hydrogen) atoms. The lowest BCUT2D eigenvalue weighted by Crippen LogP contribution is -2.34. The Labute approximate surface area is 122 Å². The van der Waals surface area contributed by atoms with Crippen molar-refractivity contribution in [1.82, 2.24) is 14.9 Å². The molecule has 4 nitrogen and oxygen atoms in total. The third kappa shape index (κ3) is 2.86. The fourth-order valence-corrected chi connectivity index (χ4v) is 3.04. The molecule has 3 rings (SSSR count). The molecule has 0 unspecified atom stereocenters. The summed E-state index contributed by atoms with van der Waals surface area (Å²) in [6.45, 7) is 5.10. The summed E-state index contributed by atoms with van der Waals surface area (Å²) in [6.07, 6.45) is 2.50. The van der Waals surface area contributed by atoms with Crippen LogP contribution >= 0.6 is 11.6 Å². The second kappa shape index (κ2) is 5.54. The quantitative estimate of drug-likeness (QED) is 0.925. The van der Waals surface area contributed by atoms with Crippen molar-refractivity contribution in [2.24, 2.45) is 5.92 Å². The van der Waals surface area contributed by atoms with Gasteiger partial charge in [-0.25, -0.2) is 4.98 Å². The first-order valence-electron chi connectivity index (χ1n) is 7.02. The first kappa shape index (κ1) is 13.6. The lowest BCUT2D eigenvalue weighted by Gasteiger charge is -2.30. The lowest BCUT2D eigenvalue weighted by atomic mass is 10.0. The number of fused-ring (bicyclic) bond motifs is 1. The fraction of sp³-hybridized carbons (Fsp3) is 0.467. The van der Waals surface area contributed by atoms with Crippen molar-refractivity contribution in [2.45, 2.75) is 26.3 Å². The number of hydrogen-bond acceptors (Lipinski definition) is 3. The highest BCUT2D eigenvalue weighted by Gasteiger charge is 2.17. The van der Waals surface area contributed by atoms with E-state index in [0.29, 0.717) is 28.4 Å². The van der Waals surface area contributed by atoms with Crippen molar-refractivity contribution in [3.05, 3.63) is 39.4 Å². The normalized spacial score (nSPS) is 20.4. The van der Waals surface area contributed by atoms with Crippen molar-refractivity contribution in [3.8, 4) is 0 Å². The Hall–Kier alpha value is -1.39. The van der Waals surface area contributed by atoms with Crippen molar-refractivity contribution >= 4 is 22.5 Å². The van der Waals surface area contributed by atoms with Crippen LogP contribution in [0.15, 0.2) is 23.0 Å². The molecule has 1 fully saturated rings. The van der Waals surface area contributed by atoms with Crippen LogP contribution in [0.1, 0.15) is 25.6 Å². The average molecular weight is 292 g/mol. The molecule has 0 aliphatic carbocycles. The van der Waals surface area contributed by atoms with Gasteiger partial charge in [-0.1, -0.05) is 18.5 Å². The van der Waals surface area contributed by atoms with Gasteiger partial charge in [0.1, 0.15) is 5.82 Å². The van der Waals surface area contributed by atoms with E-state index in [9.17, 15) is 4.79 Å². The van der Waals surface area contributed by atoms with Crippen LogP contribution in [0.4, 0.5) is 0 Å². The van der Waals surface area contributed by atoms with Crippen LogP contribution < -0.4 is 5.56 Å². The van der Waals surface area contributed by atoms with Crippen LogP contribution in [0, 0.1) is 5.92 Å². The van der Waals surface area contributed by atoms with Gasteiger partial charge in [0, 0.05) is 11.6 Å². The van der Waals surface area contributed by atoms with Gasteiger partial charge in [0.05, 0.1) is 17.4 Å². The molecule has 106 valence electrons. The number of likely N-dealkylation sites (tertiary alicyclic amines) is 1. The predicted octanol–water partition coefficient (Wildman–Crippen LogP) is 2.81. The molecule has 1 aliphatic heterocycles. The van der Waals surface area contributed by atoms with Crippen molar-refractivity contribution in [3.63, 3.8) is 0 Å². The Bertz CT molecular complexity index is 682. The minimum absolute atomic E-state index is 0.0910. The molecule has 0 bridgehead atoms. The van der Waals surface area contributed by atoms with E-state index in [1.807, 2.05) is 0 Å². The van der Waals surface area contributed by atoms with Gasteiger partial charge < -0.3 is 4.98 Å². The summed E-state index contributed by atoms with van der Waals surface area (Å²) >= 11 is 5.97. The first-order valence-corrected chi connectivity index (χ1v) is 7.40. The Morgan fingerprint density at radius 1 is 1.50 bits per heavy atom. The number of aromatic nitrogens is 2. The molecule has 1 aromatic carbocycles. The topological polar surface area (TPSA) is 49.0 Å². The SMILES string of the molecule is C[C@@H]1CCCN(Cc2nc3cc(Cl)ccc3c(=O)[nH]2)C1. The van der Waals surface area contributed by atoms with Gasteiger partial charge in [0.2, 0.25) is 0 Å². The molecule has 2 heterocycles. The molecule has 1 aromatic heterocycles. The summed E-state index contributed by atoms with van der Waals surface area (Å²) in [5, 5.41) is 1.19. The molecule has 0 amide bonds. The second-order valence-corrected chi connectivity index (χ2v) is 6.09. The van der Waals surface area contributed by atoms with E-state index in [4.69, 9.17) is 11.6 Å². The van der Waals surface area contributed by atoms with Gasteiger partial charge in [-0.05, 0) is 43.5 Å². The number of aromatic amines is 1. The summed E-state index contributed by atoms with van der Waals surface area (Å²) < 4.78 is 0. The molecule has 1 atom stereocenters.